The first-order valence-electron chi connectivity index (χ1n) is 6.50. The van der Waals surface area contributed by atoms with Crippen LogP contribution >= 0.6 is 11.3 Å². The summed E-state index contributed by atoms with van der Waals surface area (Å²) in [4.78, 5) is 27.9. The van der Waals surface area contributed by atoms with Crippen LogP contribution in [0, 0.1) is 0 Å². The largest absolute Gasteiger partial charge is 0.371 e. The van der Waals surface area contributed by atoms with Crippen LogP contribution in [-0.2, 0) is 16.2 Å². The van der Waals surface area contributed by atoms with Gasteiger partial charge in [0, 0.05) is 27.1 Å². The zero-order valence-corrected chi connectivity index (χ0v) is 12.2. The van der Waals surface area contributed by atoms with Gasteiger partial charge in [0.15, 0.2) is 5.43 Å². The number of carbonyl (C=O) groups excluding carboxylic acids is 1. The second-order valence-corrected chi connectivity index (χ2v) is 5.76. The molecule has 1 aromatic heterocycles. The van der Waals surface area contributed by atoms with Crippen molar-refractivity contribution in [2.24, 2.45) is 0 Å². The molecule has 2 aromatic carbocycles. The van der Waals surface area contributed by atoms with Crippen LogP contribution in [0.2, 0.25) is 0 Å². The lowest BCUT2D eigenvalue weighted by atomic mass is 10.1. The molecule has 3 rings (SSSR count). The van der Waals surface area contributed by atoms with Crippen molar-refractivity contribution in [1.29, 1.82) is 0 Å². The Kier molecular flexibility index (Phi) is 3.68. The highest BCUT2D eigenvalue weighted by Crippen LogP contribution is 2.25. The van der Waals surface area contributed by atoms with Gasteiger partial charge in [0.2, 0.25) is 0 Å². The van der Waals surface area contributed by atoms with Crippen LogP contribution in [0.15, 0.2) is 47.3 Å². The van der Waals surface area contributed by atoms with E-state index in [-0.39, 0.29) is 5.43 Å². The molecule has 0 aliphatic carbocycles. The molecule has 0 spiro atoms. The summed E-state index contributed by atoms with van der Waals surface area (Å²) in [5.74, 6) is -0.395. The Bertz CT molecular complexity index is 885. The van der Waals surface area contributed by atoms with Crippen LogP contribution in [0.3, 0.4) is 0 Å². The Hall–Kier alpha value is -2.24. The molecule has 0 unspecified atom stereocenters. The standard InChI is InChI=1S/C16H13NO3S/c1-10(18)20-17-9-11-6-7-15-13(8-11)16(19)12-4-2-3-5-14(12)21-15/h2-8,17H,9H2,1H3. The minimum atomic E-state index is -0.395. The molecule has 106 valence electrons. The van der Waals surface area contributed by atoms with Crippen molar-refractivity contribution in [2.75, 3.05) is 0 Å². The Labute approximate surface area is 124 Å². The van der Waals surface area contributed by atoms with Gasteiger partial charge in [-0.2, -0.15) is 0 Å². The molecule has 4 nitrogen and oxygen atoms in total. The molecule has 0 saturated heterocycles. The third-order valence-corrected chi connectivity index (χ3v) is 4.28. The zero-order chi connectivity index (χ0) is 14.8. The van der Waals surface area contributed by atoms with Crippen molar-refractivity contribution in [3.63, 3.8) is 0 Å². The molecule has 0 atom stereocenters. The van der Waals surface area contributed by atoms with Gasteiger partial charge >= 0.3 is 5.97 Å². The summed E-state index contributed by atoms with van der Waals surface area (Å²) in [5.41, 5.74) is 3.50. The number of benzene rings is 2. The highest BCUT2D eigenvalue weighted by atomic mass is 32.1. The Morgan fingerprint density at radius 1 is 1.14 bits per heavy atom. The van der Waals surface area contributed by atoms with Crippen LogP contribution in [0.4, 0.5) is 0 Å². The molecule has 1 heterocycles. The predicted octanol–water partition coefficient (Wildman–Crippen LogP) is 2.98. The molecule has 0 fully saturated rings. The van der Waals surface area contributed by atoms with Crippen LogP contribution in [0.1, 0.15) is 12.5 Å². The molecule has 0 saturated carbocycles. The number of hydroxylamine groups is 1. The summed E-state index contributed by atoms with van der Waals surface area (Å²) in [6, 6.07) is 13.3. The van der Waals surface area contributed by atoms with E-state index in [2.05, 4.69) is 5.48 Å². The Morgan fingerprint density at radius 2 is 1.90 bits per heavy atom. The zero-order valence-electron chi connectivity index (χ0n) is 11.4. The molecule has 5 heteroatoms. The molecule has 1 N–H and O–H groups in total. The van der Waals surface area contributed by atoms with E-state index in [0.717, 1.165) is 20.3 Å². The molecular weight excluding hydrogens is 286 g/mol. The molecule has 0 aliphatic heterocycles. The summed E-state index contributed by atoms with van der Waals surface area (Å²) < 4.78 is 1.94. The average Bonchev–Trinajstić information content (AvgIpc) is 2.48. The summed E-state index contributed by atoms with van der Waals surface area (Å²) in [6.45, 7) is 1.70. The van der Waals surface area contributed by atoms with Gasteiger partial charge in [-0.25, -0.2) is 0 Å². The second kappa shape index (κ2) is 5.63. The van der Waals surface area contributed by atoms with E-state index in [4.69, 9.17) is 4.84 Å². The van der Waals surface area contributed by atoms with E-state index >= 15 is 0 Å². The van der Waals surface area contributed by atoms with Gasteiger partial charge in [0.25, 0.3) is 0 Å². The fourth-order valence-electron chi connectivity index (χ4n) is 2.18. The number of nitrogens with one attached hydrogen (secondary N) is 1. The van der Waals surface area contributed by atoms with E-state index in [1.54, 1.807) is 11.3 Å². The predicted molar refractivity (Wildman–Crippen MR) is 84.2 cm³/mol. The van der Waals surface area contributed by atoms with Crippen LogP contribution in [0.25, 0.3) is 20.2 Å². The maximum atomic E-state index is 12.5. The highest BCUT2D eigenvalue weighted by molar-refractivity contribution is 7.24. The lowest BCUT2D eigenvalue weighted by molar-refractivity contribution is -0.148. The Morgan fingerprint density at radius 3 is 2.71 bits per heavy atom. The number of hydrogen-bond donors (Lipinski definition) is 1. The molecule has 0 aliphatic rings. The van der Waals surface area contributed by atoms with Crippen LogP contribution in [0.5, 0.6) is 0 Å². The van der Waals surface area contributed by atoms with Gasteiger partial charge in [-0.3, -0.25) is 9.59 Å². The third-order valence-electron chi connectivity index (χ3n) is 3.13. The van der Waals surface area contributed by atoms with Crippen molar-refractivity contribution >= 4 is 37.5 Å². The van der Waals surface area contributed by atoms with Crippen LogP contribution in [-0.4, -0.2) is 5.97 Å². The summed E-state index contributed by atoms with van der Waals surface area (Å²) in [5, 5.41) is 1.43. The third kappa shape index (κ3) is 2.79. The lowest BCUT2D eigenvalue weighted by Crippen LogP contribution is -2.17. The monoisotopic (exact) mass is 299 g/mol. The maximum Gasteiger partial charge on any atom is 0.321 e. The van der Waals surface area contributed by atoms with E-state index in [1.807, 2.05) is 42.5 Å². The van der Waals surface area contributed by atoms with Gasteiger partial charge in [-0.05, 0) is 29.8 Å². The van der Waals surface area contributed by atoms with Gasteiger partial charge in [-0.15, -0.1) is 16.8 Å². The topological polar surface area (TPSA) is 55.4 Å². The highest BCUT2D eigenvalue weighted by Gasteiger charge is 2.06. The van der Waals surface area contributed by atoms with Crippen molar-refractivity contribution in [3.8, 4) is 0 Å². The maximum absolute atomic E-state index is 12.5. The second-order valence-electron chi connectivity index (χ2n) is 4.67. The van der Waals surface area contributed by atoms with Gasteiger partial charge in [0.1, 0.15) is 0 Å². The first-order chi connectivity index (χ1) is 10.1. The normalized spacial score (nSPS) is 10.9. The molecule has 0 radical (unpaired) electrons. The van der Waals surface area contributed by atoms with E-state index in [1.165, 1.54) is 6.92 Å². The fourth-order valence-corrected chi connectivity index (χ4v) is 3.23. The van der Waals surface area contributed by atoms with Crippen molar-refractivity contribution < 1.29 is 9.63 Å². The van der Waals surface area contributed by atoms with Gasteiger partial charge < -0.3 is 4.84 Å². The molecular formula is C16H13NO3S. The first-order valence-corrected chi connectivity index (χ1v) is 7.31. The summed E-state index contributed by atoms with van der Waals surface area (Å²) >= 11 is 1.60. The summed E-state index contributed by atoms with van der Waals surface area (Å²) in [7, 11) is 0. The Balaban J connectivity index is 2.04. The molecule has 3 aromatic rings. The van der Waals surface area contributed by atoms with Crippen molar-refractivity contribution in [3.05, 3.63) is 58.3 Å². The summed E-state index contributed by atoms with van der Waals surface area (Å²) in [6.07, 6.45) is 0. The quantitative estimate of drug-likeness (QED) is 0.597. The van der Waals surface area contributed by atoms with E-state index in [9.17, 15) is 9.59 Å². The van der Waals surface area contributed by atoms with Crippen molar-refractivity contribution in [1.82, 2.24) is 5.48 Å². The number of fused-ring (bicyclic) bond motifs is 2. The molecule has 21 heavy (non-hydrogen) atoms. The smallest absolute Gasteiger partial charge is 0.321 e. The molecule has 0 bridgehead atoms. The van der Waals surface area contributed by atoms with Gasteiger partial charge in [0.05, 0.1) is 6.54 Å². The minimum Gasteiger partial charge on any atom is -0.371 e. The number of carbonyl (C=O) groups is 1. The lowest BCUT2D eigenvalue weighted by Gasteiger charge is -2.06. The number of hydrogen-bond acceptors (Lipinski definition) is 5. The first kappa shape index (κ1) is 13.7. The average molecular weight is 299 g/mol. The van der Waals surface area contributed by atoms with Crippen LogP contribution < -0.4 is 10.9 Å². The number of rotatable bonds is 3. The van der Waals surface area contributed by atoms with Gasteiger partial charge in [-0.1, -0.05) is 18.2 Å². The molecule has 0 amide bonds. The fraction of sp³-hybridized carbons (Fsp3) is 0.125. The van der Waals surface area contributed by atoms with E-state index < -0.39 is 5.97 Å². The van der Waals surface area contributed by atoms with E-state index in [0.29, 0.717) is 11.9 Å². The minimum absolute atomic E-state index is 0.0358. The van der Waals surface area contributed by atoms with Crippen molar-refractivity contribution in [2.45, 2.75) is 13.5 Å². The SMILES string of the molecule is CC(=O)ONCc1ccc2sc3ccccc3c(=O)c2c1.